The molecule has 0 radical (unpaired) electrons. The highest BCUT2D eigenvalue weighted by atomic mass is 35.5. The zero-order chi connectivity index (χ0) is 25.3. The van der Waals surface area contributed by atoms with Crippen LogP contribution in [0.3, 0.4) is 0 Å². The molecule has 0 aromatic heterocycles. The minimum absolute atomic E-state index is 0.0122. The van der Waals surface area contributed by atoms with Gasteiger partial charge < -0.3 is 4.18 Å². The number of urea groups is 1. The second-order valence-electron chi connectivity index (χ2n) is 7.81. The van der Waals surface area contributed by atoms with Gasteiger partial charge in [0.2, 0.25) is 0 Å². The summed E-state index contributed by atoms with van der Waals surface area (Å²) >= 11 is 6.13. The number of carbonyl (C=O) groups is 3. The van der Waals surface area contributed by atoms with Gasteiger partial charge in [-0.15, -0.1) is 0 Å². The van der Waals surface area contributed by atoms with Gasteiger partial charge >= 0.3 is 16.1 Å². The number of nitrogens with zero attached hydrogens (tertiary/aromatic N) is 1. The number of rotatable bonds is 5. The Morgan fingerprint density at radius 3 is 2.34 bits per heavy atom. The van der Waals surface area contributed by atoms with Crippen LogP contribution in [0.2, 0.25) is 5.02 Å². The minimum atomic E-state index is -4.09. The summed E-state index contributed by atoms with van der Waals surface area (Å²) in [6.07, 6.45) is 1.25. The maximum atomic E-state index is 13.1. The van der Waals surface area contributed by atoms with Crippen LogP contribution in [0.1, 0.15) is 16.7 Å². The van der Waals surface area contributed by atoms with Crippen LogP contribution in [-0.4, -0.2) is 26.3 Å². The average molecular weight is 511 g/mol. The Hall–Kier alpha value is -3.95. The first-order valence-corrected chi connectivity index (χ1v) is 12.1. The van der Waals surface area contributed by atoms with E-state index >= 15 is 0 Å². The number of anilines is 1. The topological polar surface area (TPSA) is 110 Å². The largest absolute Gasteiger partial charge is 0.379 e. The molecule has 35 heavy (non-hydrogen) atoms. The second-order valence-corrected chi connectivity index (χ2v) is 9.77. The number of amides is 4. The van der Waals surface area contributed by atoms with Crippen molar-refractivity contribution in [2.45, 2.75) is 18.7 Å². The molecule has 0 atom stereocenters. The first-order valence-electron chi connectivity index (χ1n) is 10.3. The molecule has 8 nitrogen and oxygen atoms in total. The quantitative estimate of drug-likeness (QED) is 0.309. The standard InChI is InChI=1S/C25H19ClN2O6S/c1-15-6-10-20(11-7-15)35(32,33)34-19-5-3-4-17(12-19)13-21-23(29)27-25(31)28(24(21)30)18-9-8-16(2)22(26)14-18/h3-14H,1-2H3,(H,27,29,31)/b21-13-. The molecule has 10 heteroatoms. The number of hydrogen-bond donors (Lipinski definition) is 1. The van der Waals surface area contributed by atoms with E-state index in [2.05, 4.69) is 5.32 Å². The lowest BCUT2D eigenvalue weighted by molar-refractivity contribution is -0.122. The van der Waals surface area contributed by atoms with Gasteiger partial charge in [0.25, 0.3) is 11.8 Å². The van der Waals surface area contributed by atoms with Gasteiger partial charge in [-0.2, -0.15) is 8.42 Å². The number of benzene rings is 3. The Kier molecular flexibility index (Phi) is 6.47. The molecule has 4 rings (SSSR count). The van der Waals surface area contributed by atoms with E-state index in [-0.39, 0.29) is 21.9 Å². The van der Waals surface area contributed by atoms with Crippen molar-refractivity contribution in [3.05, 3.63) is 94.0 Å². The van der Waals surface area contributed by atoms with Crippen molar-refractivity contribution < 1.29 is 27.0 Å². The summed E-state index contributed by atoms with van der Waals surface area (Å²) < 4.78 is 30.4. The molecule has 0 spiro atoms. The predicted octanol–water partition coefficient (Wildman–Crippen LogP) is 4.39. The molecule has 1 heterocycles. The minimum Gasteiger partial charge on any atom is -0.379 e. The molecule has 1 saturated heterocycles. The normalized spacial score (nSPS) is 15.3. The van der Waals surface area contributed by atoms with E-state index in [1.165, 1.54) is 48.5 Å². The van der Waals surface area contributed by atoms with Crippen molar-refractivity contribution in [3.63, 3.8) is 0 Å². The summed E-state index contributed by atoms with van der Waals surface area (Å²) in [6, 6.07) is 15.8. The lowest BCUT2D eigenvalue weighted by Gasteiger charge is -2.26. The highest BCUT2D eigenvalue weighted by Crippen LogP contribution is 2.27. The molecular formula is C25H19ClN2O6S. The van der Waals surface area contributed by atoms with Crippen molar-refractivity contribution in [3.8, 4) is 5.75 Å². The van der Waals surface area contributed by atoms with E-state index < -0.39 is 28.0 Å². The predicted molar refractivity (Wildman–Crippen MR) is 131 cm³/mol. The van der Waals surface area contributed by atoms with E-state index in [0.29, 0.717) is 10.6 Å². The van der Waals surface area contributed by atoms with E-state index in [4.69, 9.17) is 15.8 Å². The number of hydrogen-bond acceptors (Lipinski definition) is 6. The molecule has 0 aliphatic carbocycles. The van der Waals surface area contributed by atoms with E-state index in [9.17, 15) is 22.8 Å². The number of halogens is 1. The Bertz CT molecular complexity index is 1500. The van der Waals surface area contributed by atoms with Crippen LogP contribution in [0, 0.1) is 13.8 Å². The van der Waals surface area contributed by atoms with Crippen LogP contribution in [0.4, 0.5) is 10.5 Å². The molecule has 0 unspecified atom stereocenters. The molecule has 3 aromatic carbocycles. The van der Waals surface area contributed by atoms with Gasteiger partial charge in [-0.05, 0) is 67.4 Å². The van der Waals surface area contributed by atoms with Crippen molar-refractivity contribution >= 4 is 51.3 Å². The molecule has 1 aliphatic heterocycles. The van der Waals surface area contributed by atoms with Crippen LogP contribution in [0.25, 0.3) is 6.08 Å². The summed E-state index contributed by atoms with van der Waals surface area (Å²) in [7, 11) is -4.09. The van der Waals surface area contributed by atoms with Crippen molar-refractivity contribution in [2.75, 3.05) is 4.90 Å². The zero-order valence-corrected chi connectivity index (χ0v) is 20.2. The fourth-order valence-corrected chi connectivity index (χ4v) is 4.41. The van der Waals surface area contributed by atoms with Gasteiger partial charge in [0, 0.05) is 5.02 Å². The Morgan fingerprint density at radius 1 is 0.943 bits per heavy atom. The summed E-state index contributed by atoms with van der Waals surface area (Å²) in [6.45, 7) is 3.60. The number of imide groups is 2. The molecule has 178 valence electrons. The smallest absolute Gasteiger partial charge is 0.339 e. The number of carbonyl (C=O) groups excluding carboxylic acids is 3. The highest BCUT2D eigenvalue weighted by molar-refractivity contribution is 7.87. The third-order valence-corrected chi connectivity index (χ3v) is 6.87. The van der Waals surface area contributed by atoms with Crippen LogP contribution >= 0.6 is 11.6 Å². The summed E-state index contributed by atoms with van der Waals surface area (Å²) in [4.78, 5) is 38.7. The van der Waals surface area contributed by atoms with E-state index in [0.717, 1.165) is 16.0 Å². The fraction of sp³-hybridized carbons (Fsp3) is 0.0800. The van der Waals surface area contributed by atoms with E-state index in [1.807, 2.05) is 6.92 Å². The number of barbiturate groups is 1. The number of nitrogens with one attached hydrogen (secondary N) is 1. The summed E-state index contributed by atoms with van der Waals surface area (Å²) in [5.41, 5.74) is 1.84. The highest BCUT2D eigenvalue weighted by Gasteiger charge is 2.37. The van der Waals surface area contributed by atoms with Gasteiger partial charge in [0.05, 0.1) is 5.69 Å². The van der Waals surface area contributed by atoms with Gasteiger partial charge in [-0.1, -0.05) is 47.5 Å². The monoisotopic (exact) mass is 510 g/mol. The molecule has 1 fully saturated rings. The summed E-state index contributed by atoms with van der Waals surface area (Å²) in [5, 5.41) is 2.48. The van der Waals surface area contributed by atoms with E-state index in [1.54, 1.807) is 31.2 Å². The van der Waals surface area contributed by atoms with Crippen molar-refractivity contribution in [1.29, 1.82) is 0 Å². The molecule has 0 bridgehead atoms. The van der Waals surface area contributed by atoms with Gasteiger partial charge in [0.1, 0.15) is 16.2 Å². The van der Waals surface area contributed by atoms with Crippen LogP contribution in [0.15, 0.2) is 77.2 Å². The SMILES string of the molecule is Cc1ccc(S(=O)(=O)Oc2cccc(/C=C3/C(=O)NC(=O)N(c4ccc(C)c(Cl)c4)C3=O)c2)cc1. The average Bonchev–Trinajstić information content (AvgIpc) is 2.79. The van der Waals surface area contributed by atoms with Crippen molar-refractivity contribution in [1.82, 2.24) is 5.32 Å². The zero-order valence-electron chi connectivity index (χ0n) is 18.6. The van der Waals surface area contributed by atoms with Crippen molar-refractivity contribution in [2.24, 2.45) is 0 Å². The third kappa shape index (κ3) is 5.11. The number of aryl methyl sites for hydroxylation is 2. The Labute approximate surface area is 206 Å². The van der Waals surface area contributed by atoms with Crippen LogP contribution < -0.4 is 14.4 Å². The molecule has 1 aliphatic rings. The third-order valence-electron chi connectivity index (χ3n) is 5.20. The molecule has 4 amide bonds. The van der Waals surface area contributed by atoms with Crippen LogP contribution in [0.5, 0.6) is 5.75 Å². The molecular weight excluding hydrogens is 492 g/mol. The molecule has 3 aromatic rings. The van der Waals surface area contributed by atoms with Gasteiger partial charge in [0.15, 0.2) is 0 Å². The van der Waals surface area contributed by atoms with Gasteiger partial charge in [-0.3, -0.25) is 14.9 Å². The summed E-state index contributed by atoms with van der Waals surface area (Å²) in [5.74, 6) is -1.74. The lowest BCUT2D eigenvalue weighted by Crippen LogP contribution is -2.54. The van der Waals surface area contributed by atoms with Crippen LogP contribution in [-0.2, 0) is 19.7 Å². The second kappa shape index (κ2) is 9.36. The lowest BCUT2D eigenvalue weighted by atomic mass is 10.1. The Morgan fingerprint density at radius 2 is 1.66 bits per heavy atom. The maximum absolute atomic E-state index is 13.1. The molecule has 0 saturated carbocycles. The fourth-order valence-electron chi connectivity index (χ4n) is 3.32. The molecule has 1 N–H and O–H groups in total. The Balaban J connectivity index is 1.64. The van der Waals surface area contributed by atoms with Gasteiger partial charge in [-0.25, -0.2) is 9.69 Å². The first kappa shape index (κ1) is 24.2. The maximum Gasteiger partial charge on any atom is 0.339 e. The first-order chi connectivity index (χ1) is 16.5.